The molecule has 2 nitrogen and oxygen atoms in total. The highest BCUT2D eigenvalue weighted by Gasteiger charge is 2.12. The van der Waals surface area contributed by atoms with Crippen LogP contribution in [0.25, 0.3) is 0 Å². The lowest BCUT2D eigenvalue weighted by Gasteiger charge is -2.14. The molecule has 3 N–H and O–H groups in total. The van der Waals surface area contributed by atoms with Crippen molar-refractivity contribution in [2.75, 3.05) is 0 Å². The molecule has 1 atom stereocenters. The Morgan fingerprint density at radius 3 is 2.59 bits per heavy atom. The lowest BCUT2D eigenvalue weighted by Crippen LogP contribution is -2.28. The minimum Gasteiger partial charge on any atom is -0.271 e. The highest BCUT2D eigenvalue weighted by atomic mass is 127. The third-order valence-corrected chi connectivity index (χ3v) is 5.01. The van der Waals surface area contributed by atoms with Gasteiger partial charge in [0.05, 0.1) is 6.04 Å². The van der Waals surface area contributed by atoms with Crippen molar-refractivity contribution in [1.82, 2.24) is 5.43 Å². The van der Waals surface area contributed by atoms with E-state index in [2.05, 4.69) is 79.7 Å². The standard InChI is InChI=1S/C12H12BrIN2S/c13-9-6-12(17-7-9)11(16-15)5-8-1-3-10(14)4-2-8/h1-4,6-7,11,16H,5,15H2. The summed E-state index contributed by atoms with van der Waals surface area (Å²) in [5.41, 5.74) is 4.17. The first kappa shape index (κ1) is 13.5. The molecule has 0 fully saturated rings. The van der Waals surface area contributed by atoms with Crippen molar-refractivity contribution in [1.29, 1.82) is 0 Å². The minimum absolute atomic E-state index is 0.173. The maximum atomic E-state index is 5.63. The number of halogens is 2. The zero-order valence-electron chi connectivity index (χ0n) is 8.99. The number of hydrogen-bond donors (Lipinski definition) is 2. The van der Waals surface area contributed by atoms with Crippen molar-refractivity contribution in [2.45, 2.75) is 12.5 Å². The molecule has 0 radical (unpaired) electrons. The second kappa shape index (κ2) is 6.29. The molecule has 1 heterocycles. The maximum Gasteiger partial charge on any atom is 0.0593 e. The van der Waals surface area contributed by atoms with Gasteiger partial charge in [0.15, 0.2) is 0 Å². The summed E-state index contributed by atoms with van der Waals surface area (Å²) in [6, 6.07) is 10.8. The van der Waals surface area contributed by atoms with Gasteiger partial charge < -0.3 is 0 Å². The van der Waals surface area contributed by atoms with E-state index in [1.54, 1.807) is 11.3 Å². The zero-order chi connectivity index (χ0) is 12.3. The predicted octanol–water partition coefficient (Wildman–Crippen LogP) is 3.86. The number of hydrazine groups is 1. The fourth-order valence-corrected chi connectivity index (χ4v) is 3.47. The van der Waals surface area contributed by atoms with Crippen molar-refractivity contribution in [2.24, 2.45) is 5.84 Å². The summed E-state index contributed by atoms with van der Waals surface area (Å²) in [7, 11) is 0. The van der Waals surface area contributed by atoms with Gasteiger partial charge in [-0.25, -0.2) is 0 Å². The second-order valence-electron chi connectivity index (χ2n) is 3.72. The van der Waals surface area contributed by atoms with Gasteiger partial charge in [0.25, 0.3) is 0 Å². The molecule has 17 heavy (non-hydrogen) atoms. The molecule has 0 spiro atoms. The van der Waals surface area contributed by atoms with Crippen molar-refractivity contribution in [3.8, 4) is 0 Å². The van der Waals surface area contributed by atoms with Crippen LogP contribution in [0.15, 0.2) is 40.2 Å². The van der Waals surface area contributed by atoms with Gasteiger partial charge in [0.2, 0.25) is 0 Å². The van der Waals surface area contributed by atoms with Gasteiger partial charge >= 0.3 is 0 Å². The largest absolute Gasteiger partial charge is 0.271 e. The molecular weight excluding hydrogens is 411 g/mol. The van der Waals surface area contributed by atoms with Gasteiger partial charge in [-0.15, -0.1) is 11.3 Å². The van der Waals surface area contributed by atoms with Crippen LogP contribution in [-0.4, -0.2) is 0 Å². The van der Waals surface area contributed by atoms with E-state index >= 15 is 0 Å². The molecule has 0 bridgehead atoms. The van der Waals surface area contributed by atoms with Crippen molar-refractivity contribution >= 4 is 49.9 Å². The lowest BCUT2D eigenvalue weighted by atomic mass is 10.1. The average molecular weight is 423 g/mol. The van der Waals surface area contributed by atoms with Crippen molar-refractivity contribution < 1.29 is 0 Å². The van der Waals surface area contributed by atoms with Gasteiger partial charge in [-0.3, -0.25) is 11.3 Å². The summed E-state index contributed by atoms with van der Waals surface area (Å²) in [6.07, 6.45) is 0.903. The fraction of sp³-hybridized carbons (Fsp3) is 0.167. The number of benzene rings is 1. The van der Waals surface area contributed by atoms with Crippen LogP contribution in [0.5, 0.6) is 0 Å². The van der Waals surface area contributed by atoms with Gasteiger partial charge in [-0.2, -0.15) is 0 Å². The van der Waals surface area contributed by atoms with E-state index in [-0.39, 0.29) is 6.04 Å². The van der Waals surface area contributed by atoms with E-state index in [1.807, 2.05) is 0 Å². The SMILES string of the molecule is NNC(Cc1ccc(I)cc1)c1cc(Br)cs1. The summed E-state index contributed by atoms with van der Waals surface area (Å²) < 4.78 is 2.36. The summed E-state index contributed by atoms with van der Waals surface area (Å²) in [4.78, 5) is 1.25. The Labute approximate surface area is 127 Å². The van der Waals surface area contributed by atoms with Gasteiger partial charge in [-0.05, 0) is 68.7 Å². The Morgan fingerprint density at radius 1 is 1.35 bits per heavy atom. The molecule has 0 aliphatic carbocycles. The summed E-state index contributed by atoms with van der Waals surface area (Å²) >= 11 is 7.49. The quantitative estimate of drug-likeness (QED) is 0.446. The van der Waals surface area contributed by atoms with E-state index in [1.165, 1.54) is 14.0 Å². The molecule has 5 heteroatoms. The molecule has 0 saturated carbocycles. The van der Waals surface area contributed by atoms with Crippen LogP contribution in [0.4, 0.5) is 0 Å². The highest BCUT2D eigenvalue weighted by Crippen LogP contribution is 2.27. The third-order valence-electron chi connectivity index (χ3n) is 2.49. The molecule has 1 aromatic heterocycles. The number of thiophene rings is 1. The molecule has 1 unspecified atom stereocenters. The molecule has 90 valence electrons. The Balaban J connectivity index is 2.12. The zero-order valence-corrected chi connectivity index (χ0v) is 13.6. The molecule has 0 aliphatic rings. The first-order chi connectivity index (χ1) is 8.19. The monoisotopic (exact) mass is 422 g/mol. The molecular formula is C12H12BrIN2S. The molecule has 0 amide bonds. The fourth-order valence-electron chi connectivity index (χ4n) is 1.61. The average Bonchev–Trinajstić information content (AvgIpc) is 2.75. The van der Waals surface area contributed by atoms with Crippen LogP contribution < -0.4 is 11.3 Å². The third kappa shape index (κ3) is 3.75. The van der Waals surface area contributed by atoms with Gasteiger partial charge in [0.1, 0.15) is 0 Å². The van der Waals surface area contributed by atoms with Crippen LogP contribution in [-0.2, 0) is 6.42 Å². The van der Waals surface area contributed by atoms with Crippen LogP contribution in [0.3, 0.4) is 0 Å². The van der Waals surface area contributed by atoms with E-state index in [9.17, 15) is 0 Å². The normalized spacial score (nSPS) is 12.6. The van der Waals surface area contributed by atoms with Crippen molar-refractivity contribution in [3.05, 3.63) is 54.2 Å². The Bertz CT molecular complexity index is 484. The number of hydrogen-bond acceptors (Lipinski definition) is 3. The molecule has 0 aliphatic heterocycles. The molecule has 1 aromatic carbocycles. The first-order valence-corrected chi connectivity index (χ1v) is 7.88. The lowest BCUT2D eigenvalue weighted by molar-refractivity contribution is 0.560. The molecule has 2 aromatic rings. The van der Waals surface area contributed by atoms with Gasteiger partial charge in [0, 0.05) is 18.3 Å². The summed E-state index contributed by atoms with van der Waals surface area (Å²) in [5, 5.41) is 2.08. The van der Waals surface area contributed by atoms with Crippen LogP contribution in [0, 0.1) is 3.57 Å². The van der Waals surface area contributed by atoms with Gasteiger partial charge in [-0.1, -0.05) is 12.1 Å². The Morgan fingerprint density at radius 2 is 2.06 bits per heavy atom. The summed E-state index contributed by atoms with van der Waals surface area (Å²) in [6.45, 7) is 0. The second-order valence-corrected chi connectivity index (χ2v) is 6.82. The smallest absolute Gasteiger partial charge is 0.0593 e. The predicted molar refractivity (Wildman–Crippen MR) is 84.9 cm³/mol. The number of nitrogens with two attached hydrogens (primary N) is 1. The van der Waals surface area contributed by atoms with E-state index in [4.69, 9.17) is 5.84 Å². The molecule has 2 rings (SSSR count). The van der Waals surface area contributed by atoms with Crippen LogP contribution in [0.1, 0.15) is 16.5 Å². The summed E-state index contributed by atoms with van der Waals surface area (Å²) in [5.74, 6) is 5.63. The van der Waals surface area contributed by atoms with Crippen molar-refractivity contribution in [3.63, 3.8) is 0 Å². The minimum atomic E-state index is 0.173. The van der Waals surface area contributed by atoms with Crippen LogP contribution in [0.2, 0.25) is 0 Å². The highest BCUT2D eigenvalue weighted by molar-refractivity contribution is 14.1. The Kier molecular flexibility index (Phi) is 4.98. The maximum absolute atomic E-state index is 5.63. The first-order valence-electron chi connectivity index (χ1n) is 5.13. The van der Waals surface area contributed by atoms with E-state index < -0.39 is 0 Å². The molecule has 0 saturated heterocycles. The Hall–Kier alpha value is 0.0500. The van der Waals surface area contributed by atoms with E-state index in [0.29, 0.717) is 0 Å². The van der Waals surface area contributed by atoms with Crippen LogP contribution >= 0.6 is 49.9 Å². The topological polar surface area (TPSA) is 38.0 Å². The number of rotatable bonds is 4. The number of nitrogens with one attached hydrogen (secondary N) is 1. The van der Waals surface area contributed by atoms with E-state index in [0.717, 1.165) is 10.9 Å².